The average molecular weight is 234 g/mol. The number of tetrazole rings is 1. The van der Waals surface area contributed by atoms with Crippen molar-refractivity contribution in [3.8, 4) is 11.4 Å². The van der Waals surface area contributed by atoms with Gasteiger partial charge in [0.05, 0.1) is 18.7 Å². The molecule has 88 valence electrons. The van der Waals surface area contributed by atoms with E-state index in [0.717, 1.165) is 5.69 Å². The van der Waals surface area contributed by atoms with E-state index in [-0.39, 0.29) is 13.0 Å². The number of carboxylic acid groups (broad SMARTS) is 1. The second-order valence-electron chi connectivity index (χ2n) is 3.24. The third kappa shape index (κ3) is 3.00. The largest absolute Gasteiger partial charge is 0.493 e. The monoisotopic (exact) mass is 234 g/mol. The van der Waals surface area contributed by atoms with Gasteiger partial charge in [0.15, 0.2) is 0 Å². The second-order valence-corrected chi connectivity index (χ2v) is 3.24. The van der Waals surface area contributed by atoms with Gasteiger partial charge in [0.25, 0.3) is 0 Å². The van der Waals surface area contributed by atoms with Crippen molar-refractivity contribution in [2.24, 2.45) is 0 Å². The molecule has 0 fully saturated rings. The first-order chi connectivity index (χ1) is 8.25. The van der Waals surface area contributed by atoms with Crippen molar-refractivity contribution in [3.63, 3.8) is 0 Å². The van der Waals surface area contributed by atoms with E-state index in [2.05, 4.69) is 15.5 Å². The Labute approximate surface area is 96.6 Å². The van der Waals surface area contributed by atoms with Crippen LogP contribution in [-0.2, 0) is 4.79 Å². The van der Waals surface area contributed by atoms with Gasteiger partial charge in [0.2, 0.25) is 0 Å². The Kier molecular flexibility index (Phi) is 3.29. The maximum Gasteiger partial charge on any atom is 0.306 e. The Morgan fingerprint density at radius 2 is 2.12 bits per heavy atom. The molecule has 0 aliphatic heterocycles. The van der Waals surface area contributed by atoms with E-state index < -0.39 is 5.97 Å². The molecule has 0 saturated heterocycles. The van der Waals surface area contributed by atoms with E-state index in [0.29, 0.717) is 5.75 Å². The van der Waals surface area contributed by atoms with E-state index in [4.69, 9.17) is 9.84 Å². The average Bonchev–Trinajstić information content (AvgIpc) is 2.83. The summed E-state index contributed by atoms with van der Waals surface area (Å²) in [5.41, 5.74) is 0.806. The molecular weight excluding hydrogens is 224 g/mol. The van der Waals surface area contributed by atoms with Crippen LogP contribution in [0.3, 0.4) is 0 Å². The molecule has 2 rings (SSSR count). The van der Waals surface area contributed by atoms with Gasteiger partial charge in [-0.05, 0) is 34.7 Å². The first-order valence-corrected chi connectivity index (χ1v) is 4.94. The maximum absolute atomic E-state index is 10.3. The van der Waals surface area contributed by atoms with Crippen molar-refractivity contribution in [1.29, 1.82) is 0 Å². The number of carboxylic acids is 1. The Balaban J connectivity index is 1.96. The third-order valence-corrected chi connectivity index (χ3v) is 2.03. The first kappa shape index (κ1) is 11.1. The van der Waals surface area contributed by atoms with Gasteiger partial charge in [-0.2, -0.15) is 0 Å². The highest BCUT2D eigenvalue weighted by molar-refractivity contribution is 5.66. The maximum atomic E-state index is 10.3. The summed E-state index contributed by atoms with van der Waals surface area (Å²) in [4.78, 5) is 10.3. The molecule has 0 amide bonds. The third-order valence-electron chi connectivity index (χ3n) is 2.03. The predicted molar refractivity (Wildman–Crippen MR) is 56.9 cm³/mol. The molecule has 0 aliphatic rings. The molecule has 1 aromatic carbocycles. The van der Waals surface area contributed by atoms with Crippen LogP contribution in [0.25, 0.3) is 5.69 Å². The zero-order valence-corrected chi connectivity index (χ0v) is 8.85. The number of aliphatic carboxylic acids is 1. The van der Waals surface area contributed by atoms with Crippen LogP contribution in [0.4, 0.5) is 0 Å². The van der Waals surface area contributed by atoms with Crippen molar-refractivity contribution >= 4 is 5.97 Å². The van der Waals surface area contributed by atoms with Crippen LogP contribution < -0.4 is 4.74 Å². The van der Waals surface area contributed by atoms with E-state index in [1.807, 2.05) is 0 Å². The lowest BCUT2D eigenvalue weighted by Crippen LogP contribution is -2.04. The lowest BCUT2D eigenvalue weighted by molar-refractivity contribution is -0.137. The van der Waals surface area contributed by atoms with Crippen LogP contribution in [0.15, 0.2) is 30.6 Å². The molecule has 1 aromatic heterocycles. The molecule has 0 atom stereocenters. The summed E-state index contributed by atoms with van der Waals surface area (Å²) in [7, 11) is 0. The molecule has 0 bridgehead atoms. The van der Waals surface area contributed by atoms with Crippen LogP contribution in [0.2, 0.25) is 0 Å². The number of benzene rings is 1. The molecule has 17 heavy (non-hydrogen) atoms. The van der Waals surface area contributed by atoms with Crippen LogP contribution in [0.5, 0.6) is 5.75 Å². The Morgan fingerprint density at radius 1 is 1.35 bits per heavy atom. The van der Waals surface area contributed by atoms with Gasteiger partial charge in [0.1, 0.15) is 12.1 Å². The summed E-state index contributed by atoms with van der Waals surface area (Å²) in [5.74, 6) is -0.265. The minimum Gasteiger partial charge on any atom is -0.493 e. The van der Waals surface area contributed by atoms with Gasteiger partial charge >= 0.3 is 5.97 Å². The van der Waals surface area contributed by atoms with E-state index in [1.165, 1.54) is 11.0 Å². The van der Waals surface area contributed by atoms with Crippen molar-refractivity contribution in [2.45, 2.75) is 6.42 Å². The number of nitrogens with zero attached hydrogens (tertiary/aromatic N) is 4. The van der Waals surface area contributed by atoms with Crippen LogP contribution >= 0.6 is 0 Å². The summed E-state index contributed by atoms with van der Waals surface area (Å²) in [6, 6.07) is 7.04. The molecule has 2 aromatic rings. The molecule has 0 unspecified atom stereocenters. The minimum atomic E-state index is -0.879. The smallest absolute Gasteiger partial charge is 0.306 e. The quantitative estimate of drug-likeness (QED) is 0.810. The SMILES string of the molecule is O=C(O)CCOc1ccc(-n2cnnn2)cc1. The lowest BCUT2D eigenvalue weighted by atomic mass is 10.3. The molecule has 0 saturated carbocycles. The molecular formula is C10H10N4O3. The zero-order valence-electron chi connectivity index (χ0n) is 8.85. The van der Waals surface area contributed by atoms with Gasteiger partial charge in [-0.1, -0.05) is 0 Å². The van der Waals surface area contributed by atoms with E-state index in [9.17, 15) is 4.79 Å². The van der Waals surface area contributed by atoms with Crippen molar-refractivity contribution in [3.05, 3.63) is 30.6 Å². The normalized spacial score (nSPS) is 10.1. The summed E-state index contributed by atoms with van der Waals surface area (Å²) in [6.45, 7) is 0.152. The lowest BCUT2D eigenvalue weighted by Gasteiger charge is -2.05. The minimum absolute atomic E-state index is 0.0191. The molecule has 0 spiro atoms. The predicted octanol–water partition coefficient (Wildman–Crippen LogP) is 0.516. The van der Waals surface area contributed by atoms with Gasteiger partial charge in [-0.15, -0.1) is 5.10 Å². The van der Waals surface area contributed by atoms with Gasteiger partial charge in [0, 0.05) is 0 Å². The highest BCUT2D eigenvalue weighted by atomic mass is 16.5. The first-order valence-electron chi connectivity index (χ1n) is 4.94. The number of carbonyl (C=O) groups is 1. The highest BCUT2D eigenvalue weighted by Crippen LogP contribution is 2.14. The molecule has 7 heteroatoms. The fourth-order valence-electron chi connectivity index (χ4n) is 1.23. The van der Waals surface area contributed by atoms with Gasteiger partial charge in [-0.25, -0.2) is 4.68 Å². The number of ether oxygens (including phenoxy) is 1. The Bertz CT molecular complexity index is 481. The molecule has 1 heterocycles. The van der Waals surface area contributed by atoms with Crippen LogP contribution in [0, 0.1) is 0 Å². The molecule has 7 nitrogen and oxygen atoms in total. The van der Waals surface area contributed by atoms with Crippen LogP contribution in [-0.4, -0.2) is 37.9 Å². The molecule has 0 aliphatic carbocycles. The van der Waals surface area contributed by atoms with Gasteiger partial charge in [-0.3, -0.25) is 4.79 Å². The zero-order chi connectivity index (χ0) is 12.1. The molecule has 0 radical (unpaired) electrons. The summed E-state index contributed by atoms with van der Waals surface area (Å²) in [5, 5.41) is 19.2. The van der Waals surface area contributed by atoms with Crippen molar-refractivity contribution in [2.75, 3.05) is 6.61 Å². The second kappa shape index (κ2) is 5.06. The van der Waals surface area contributed by atoms with Crippen molar-refractivity contribution in [1.82, 2.24) is 20.2 Å². The Morgan fingerprint density at radius 3 is 2.71 bits per heavy atom. The van der Waals surface area contributed by atoms with Crippen LogP contribution in [0.1, 0.15) is 6.42 Å². The number of hydrogen-bond donors (Lipinski definition) is 1. The number of aromatic nitrogens is 4. The van der Waals surface area contributed by atoms with E-state index >= 15 is 0 Å². The summed E-state index contributed by atoms with van der Waals surface area (Å²) in [6.07, 6.45) is 1.47. The highest BCUT2D eigenvalue weighted by Gasteiger charge is 2.00. The summed E-state index contributed by atoms with van der Waals surface area (Å²) < 4.78 is 6.76. The fourth-order valence-corrected chi connectivity index (χ4v) is 1.23. The topological polar surface area (TPSA) is 90.1 Å². The number of hydrogen-bond acceptors (Lipinski definition) is 5. The Hall–Kier alpha value is -2.44. The number of rotatable bonds is 5. The van der Waals surface area contributed by atoms with E-state index in [1.54, 1.807) is 24.3 Å². The fraction of sp³-hybridized carbons (Fsp3) is 0.200. The van der Waals surface area contributed by atoms with Gasteiger partial charge < -0.3 is 9.84 Å². The standard InChI is InChI=1S/C10H10N4O3/c15-10(16)5-6-17-9-3-1-8(2-4-9)14-7-11-12-13-14/h1-4,7H,5-6H2,(H,15,16). The summed E-state index contributed by atoms with van der Waals surface area (Å²) >= 11 is 0. The molecule has 1 N–H and O–H groups in total. The van der Waals surface area contributed by atoms with Crippen molar-refractivity contribution < 1.29 is 14.6 Å².